The second kappa shape index (κ2) is 5.46. The number of benzene rings is 1. The average Bonchev–Trinajstić information content (AvgIpc) is 2.40. The van der Waals surface area contributed by atoms with Crippen LogP contribution in [0.25, 0.3) is 0 Å². The molecule has 1 aromatic heterocycles. The van der Waals surface area contributed by atoms with Crippen LogP contribution in [-0.4, -0.2) is 24.8 Å². The number of phenols is 1. The molecule has 2 N–H and O–H groups in total. The van der Waals surface area contributed by atoms with Gasteiger partial charge in [0.15, 0.2) is 26.4 Å². The van der Waals surface area contributed by atoms with Crippen molar-refractivity contribution in [3.63, 3.8) is 0 Å². The van der Waals surface area contributed by atoms with Crippen molar-refractivity contribution in [2.75, 3.05) is 11.6 Å². The molecule has 0 bridgehead atoms. The minimum Gasteiger partial charge on any atom is -0.505 e. The van der Waals surface area contributed by atoms with E-state index in [0.29, 0.717) is 17.8 Å². The van der Waals surface area contributed by atoms with Crippen LogP contribution in [0.3, 0.4) is 0 Å². The number of aromatic nitrogens is 1. The Hall–Kier alpha value is -2.15. The lowest BCUT2D eigenvalue weighted by molar-refractivity contribution is 0.432. The average molecular weight is 296 g/mol. The van der Waals surface area contributed by atoms with Gasteiger partial charge >= 0.3 is 0 Å². The molecular weight excluding hydrogens is 283 g/mol. The van der Waals surface area contributed by atoms with Gasteiger partial charge in [0, 0.05) is 12.8 Å². The lowest BCUT2D eigenvalue weighted by Gasteiger charge is -2.07. The number of sulfone groups is 1. The van der Waals surface area contributed by atoms with Gasteiger partial charge in [0.2, 0.25) is 0 Å². The first kappa shape index (κ1) is 14.3. The maximum atomic E-state index is 13.1. The topological polar surface area (TPSA) is 79.3 Å². The highest BCUT2D eigenvalue weighted by Crippen LogP contribution is 2.17. The zero-order chi connectivity index (χ0) is 14.8. The van der Waals surface area contributed by atoms with Gasteiger partial charge in [0.05, 0.1) is 11.9 Å². The summed E-state index contributed by atoms with van der Waals surface area (Å²) < 4.78 is 35.6. The normalized spacial score (nSPS) is 11.3. The molecule has 0 aliphatic heterocycles. The first-order chi connectivity index (χ1) is 9.36. The standard InChI is InChI=1S/C13H13FN2O3S/c1-20(18,19)13-5-3-10(8-16-13)15-7-9-2-4-12(17)11(14)6-9/h2-6,8,15,17H,7H2,1H3. The molecule has 20 heavy (non-hydrogen) atoms. The molecule has 0 aliphatic carbocycles. The van der Waals surface area contributed by atoms with Gasteiger partial charge in [-0.2, -0.15) is 0 Å². The van der Waals surface area contributed by atoms with Crippen molar-refractivity contribution in [1.82, 2.24) is 4.98 Å². The van der Waals surface area contributed by atoms with Crippen LogP contribution in [0.1, 0.15) is 5.56 Å². The van der Waals surface area contributed by atoms with Crippen LogP contribution in [0.2, 0.25) is 0 Å². The van der Waals surface area contributed by atoms with E-state index in [9.17, 15) is 12.8 Å². The lowest BCUT2D eigenvalue weighted by atomic mass is 10.2. The highest BCUT2D eigenvalue weighted by atomic mass is 32.2. The van der Waals surface area contributed by atoms with E-state index in [4.69, 9.17) is 5.11 Å². The predicted octanol–water partition coefficient (Wildman–Crippen LogP) is 1.94. The van der Waals surface area contributed by atoms with E-state index in [-0.39, 0.29) is 5.03 Å². The minimum absolute atomic E-state index is 0.00118. The summed E-state index contributed by atoms with van der Waals surface area (Å²) in [6.07, 6.45) is 2.48. The SMILES string of the molecule is CS(=O)(=O)c1ccc(NCc2ccc(O)c(F)c2)cn1. The van der Waals surface area contributed by atoms with Crippen LogP contribution in [0, 0.1) is 5.82 Å². The molecule has 1 heterocycles. The van der Waals surface area contributed by atoms with E-state index in [0.717, 1.165) is 6.26 Å². The quantitative estimate of drug-likeness (QED) is 0.901. The first-order valence-electron chi connectivity index (χ1n) is 5.73. The number of phenolic OH excluding ortho intramolecular Hbond substituents is 1. The lowest BCUT2D eigenvalue weighted by Crippen LogP contribution is -2.03. The highest BCUT2D eigenvalue weighted by Gasteiger charge is 2.08. The van der Waals surface area contributed by atoms with Crippen LogP contribution in [0.15, 0.2) is 41.6 Å². The molecule has 0 aliphatic rings. The Morgan fingerprint density at radius 2 is 2.05 bits per heavy atom. The fourth-order valence-electron chi connectivity index (χ4n) is 1.57. The Bertz CT molecular complexity index is 715. The van der Waals surface area contributed by atoms with Gasteiger partial charge in [-0.3, -0.25) is 0 Å². The van der Waals surface area contributed by atoms with Crippen molar-refractivity contribution >= 4 is 15.5 Å². The third kappa shape index (κ3) is 3.45. The van der Waals surface area contributed by atoms with Crippen LogP contribution < -0.4 is 5.32 Å². The maximum absolute atomic E-state index is 13.1. The van der Waals surface area contributed by atoms with Crippen LogP contribution in [0.4, 0.5) is 10.1 Å². The van der Waals surface area contributed by atoms with E-state index in [2.05, 4.69) is 10.3 Å². The van der Waals surface area contributed by atoms with Crippen LogP contribution in [-0.2, 0) is 16.4 Å². The molecule has 2 rings (SSSR count). The number of hydrogen-bond acceptors (Lipinski definition) is 5. The minimum atomic E-state index is -3.31. The van der Waals surface area contributed by atoms with Gasteiger partial charge in [-0.1, -0.05) is 6.07 Å². The van der Waals surface area contributed by atoms with Crippen molar-refractivity contribution in [1.29, 1.82) is 0 Å². The summed E-state index contributed by atoms with van der Waals surface area (Å²) in [5.74, 6) is -1.08. The van der Waals surface area contributed by atoms with Gasteiger partial charge in [-0.15, -0.1) is 0 Å². The van der Waals surface area contributed by atoms with E-state index in [1.54, 1.807) is 12.1 Å². The second-order valence-corrected chi connectivity index (χ2v) is 6.26. The van der Waals surface area contributed by atoms with Crippen molar-refractivity contribution in [3.05, 3.63) is 47.9 Å². The van der Waals surface area contributed by atoms with Crippen molar-refractivity contribution < 1.29 is 17.9 Å². The van der Waals surface area contributed by atoms with Gasteiger partial charge in [-0.25, -0.2) is 17.8 Å². The molecule has 0 atom stereocenters. The fraction of sp³-hybridized carbons (Fsp3) is 0.154. The zero-order valence-corrected chi connectivity index (χ0v) is 11.5. The number of rotatable bonds is 4. The van der Waals surface area contributed by atoms with E-state index in [1.807, 2.05) is 0 Å². The molecule has 7 heteroatoms. The molecule has 0 unspecified atom stereocenters. The Labute approximate surface area is 116 Å². The number of nitrogens with one attached hydrogen (secondary N) is 1. The molecule has 106 valence electrons. The smallest absolute Gasteiger partial charge is 0.192 e. The summed E-state index contributed by atoms with van der Waals surface area (Å²) in [4.78, 5) is 3.83. The summed E-state index contributed by atoms with van der Waals surface area (Å²) in [6, 6.07) is 7.07. The zero-order valence-electron chi connectivity index (χ0n) is 10.7. The second-order valence-electron chi connectivity index (χ2n) is 4.30. The molecule has 0 radical (unpaired) electrons. The van der Waals surface area contributed by atoms with Gasteiger partial charge < -0.3 is 10.4 Å². The number of aromatic hydroxyl groups is 1. The molecule has 0 amide bonds. The summed E-state index contributed by atoms with van der Waals surface area (Å²) in [5, 5.41) is 12.1. The third-order valence-electron chi connectivity index (χ3n) is 2.62. The molecular formula is C13H13FN2O3S. The molecule has 0 fully saturated rings. The van der Waals surface area contributed by atoms with Crippen molar-refractivity contribution in [2.45, 2.75) is 11.6 Å². The summed E-state index contributed by atoms with van der Waals surface area (Å²) in [7, 11) is -3.31. The van der Waals surface area contributed by atoms with Crippen molar-refractivity contribution in [2.24, 2.45) is 0 Å². The number of pyridine rings is 1. The first-order valence-corrected chi connectivity index (χ1v) is 7.63. The molecule has 1 aromatic carbocycles. The molecule has 2 aromatic rings. The number of halogens is 1. The van der Waals surface area contributed by atoms with E-state index >= 15 is 0 Å². The van der Waals surface area contributed by atoms with Crippen LogP contribution >= 0.6 is 0 Å². The van der Waals surface area contributed by atoms with Crippen molar-refractivity contribution in [3.8, 4) is 5.75 Å². The third-order valence-corrected chi connectivity index (χ3v) is 3.63. The summed E-state index contributed by atoms with van der Waals surface area (Å²) in [5.41, 5.74) is 1.26. The summed E-state index contributed by atoms with van der Waals surface area (Å²) >= 11 is 0. The Balaban J connectivity index is 2.06. The Morgan fingerprint density at radius 3 is 2.60 bits per heavy atom. The van der Waals surface area contributed by atoms with Gasteiger partial charge in [0.1, 0.15) is 0 Å². The number of anilines is 1. The highest BCUT2D eigenvalue weighted by molar-refractivity contribution is 7.90. The Morgan fingerprint density at radius 1 is 1.30 bits per heavy atom. The number of nitrogens with zero attached hydrogens (tertiary/aromatic N) is 1. The molecule has 0 saturated heterocycles. The summed E-state index contributed by atoms with van der Waals surface area (Å²) in [6.45, 7) is 0.330. The largest absolute Gasteiger partial charge is 0.505 e. The van der Waals surface area contributed by atoms with Crippen LogP contribution in [0.5, 0.6) is 5.75 Å². The molecule has 0 spiro atoms. The monoisotopic (exact) mass is 296 g/mol. The van der Waals surface area contributed by atoms with Gasteiger partial charge in [0.25, 0.3) is 0 Å². The Kier molecular flexibility index (Phi) is 3.89. The predicted molar refractivity (Wildman–Crippen MR) is 72.7 cm³/mol. The van der Waals surface area contributed by atoms with E-state index < -0.39 is 21.4 Å². The fourth-order valence-corrected chi connectivity index (χ4v) is 2.13. The van der Waals surface area contributed by atoms with Gasteiger partial charge in [-0.05, 0) is 29.8 Å². The maximum Gasteiger partial charge on any atom is 0.192 e. The molecule has 5 nitrogen and oxygen atoms in total. The number of hydrogen-bond donors (Lipinski definition) is 2. The molecule has 0 saturated carbocycles. The van der Waals surface area contributed by atoms with E-state index in [1.165, 1.54) is 24.4 Å².